The number of nitrogens with zero attached hydrogens (tertiary/aromatic N) is 3. The third kappa shape index (κ3) is 2.38. The molecule has 2 aromatic heterocycles. The summed E-state index contributed by atoms with van der Waals surface area (Å²) in [5, 5.41) is 5.02. The van der Waals surface area contributed by atoms with Crippen LogP contribution in [-0.4, -0.2) is 33.9 Å². The van der Waals surface area contributed by atoms with Crippen LogP contribution in [0.2, 0.25) is 0 Å². The van der Waals surface area contributed by atoms with Gasteiger partial charge in [-0.2, -0.15) is 0 Å². The second-order valence-electron chi connectivity index (χ2n) is 4.33. The molecule has 0 bridgehead atoms. The van der Waals surface area contributed by atoms with Crippen LogP contribution in [0.5, 0.6) is 0 Å². The quantitative estimate of drug-likeness (QED) is 0.550. The summed E-state index contributed by atoms with van der Waals surface area (Å²) in [5.74, 6) is -0.393. The van der Waals surface area contributed by atoms with Gasteiger partial charge in [-0.25, -0.2) is 14.3 Å². The predicted octanol–water partition coefficient (Wildman–Crippen LogP) is 2.90. The summed E-state index contributed by atoms with van der Waals surface area (Å²) in [7, 11) is 1.37. The van der Waals surface area contributed by atoms with Crippen molar-refractivity contribution in [2.75, 3.05) is 13.4 Å². The number of fused-ring (bicyclic) bond motifs is 1. The first-order valence-corrected chi connectivity index (χ1v) is 7.54. The van der Waals surface area contributed by atoms with Gasteiger partial charge in [-0.1, -0.05) is 42.1 Å². The number of ether oxygens (including phenoxy) is 1. The number of hydrogen-bond acceptors (Lipinski definition) is 5. The number of methoxy groups -OCH3 is 1. The number of benzene rings is 1. The third-order valence-corrected chi connectivity index (χ3v) is 3.66. The van der Waals surface area contributed by atoms with E-state index in [0.717, 1.165) is 11.3 Å². The first kappa shape index (κ1) is 13.6. The molecule has 0 radical (unpaired) electrons. The number of aromatic nitrogens is 3. The maximum atomic E-state index is 11.9. The Morgan fingerprint density at radius 1 is 1.24 bits per heavy atom. The molecule has 0 spiro atoms. The van der Waals surface area contributed by atoms with E-state index in [1.807, 2.05) is 36.6 Å². The normalized spacial score (nSPS) is 10.8. The third-order valence-electron chi connectivity index (χ3n) is 3.13. The molecule has 1 aromatic carbocycles. The topological polar surface area (TPSA) is 56.5 Å². The second kappa shape index (κ2) is 5.57. The van der Waals surface area contributed by atoms with Crippen molar-refractivity contribution >= 4 is 23.2 Å². The summed E-state index contributed by atoms with van der Waals surface area (Å²) in [6.07, 6.45) is 3.66. The molecule has 0 atom stereocenters. The Bertz CT molecular complexity index is 799. The Hall–Kier alpha value is -2.34. The molecule has 0 N–H and O–H groups in total. The lowest BCUT2D eigenvalue weighted by atomic mass is 10.1. The van der Waals surface area contributed by atoms with E-state index in [2.05, 4.69) is 10.1 Å². The highest BCUT2D eigenvalue weighted by Gasteiger charge is 2.18. The molecule has 21 heavy (non-hydrogen) atoms. The molecule has 2 heterocycles. The van der Waals surface area contributed by atoms with Crippen molar-refractivity contribution in [3.8, 4) is 11.3 Å². The van der Waals surface area contributed by atoms with Crippen LogP contribution in [0.4, 0.5) is 0 Å². The fraction of sp³-hybridized carbons (Fsp3) is 0.133. The van der Waals surface area contributed by atoms with Crippen LogP contribution in [0, 0.1) is 0 Å². The van der Waals surface area contributed by atoms with Gasteiger partial charge in [0, 0.05) is 11.8 Å². The van der Waals surface area contributed by atoms with Gasteiger partial charge in [0.1, 0.15) is 5.52 Å². The van der Waals surface area contributed by atoms with E-state index >= 15 is 0 Å². The Morgan fingerprint density at radius 3 is 2.67 bits per heavy atom. The first-order chi connectivity index (χ1) is 10.2. The van der Waals surface area contributed by atoms with Crippen molar-refractivity contribution in [1.82, 2.24) is 14.6 Å². The van der Waals surface area contributed by atoms with Gasteiger partial charge in [-0.05, 0) is 12.3 Å². The molecule has 106 valence electrons. The van der Waals surface area contributed by atoms with E-state index in [9.17, 15) is 4.79 Å². The molecule has 0 aliphatic heterocycles. The van der Waals surface area contributed by atoms with Gasteiger partial charge >= 0.3 is 5.97 Å². The minimum atomic E-state index is -0.393. The average Bonchev–Trinajstić information content (AvgIpc) is 2.97. The number of hydrogen-bond donors (Lipinski definition) is 0. The standard InChI is InChI=1S/C15H13N3O2S/c1-20-14(19)11-8-9-18-13(11)12(16-15(17-18)21-2)10-6-4-3-5-7-10/h3-9H,1-2H3. The van der Waals surface area contributed by atoms with Crippen LogP contribution in [-0.2, 0) is 4.74 Å². The lowest BCUT2D eigenvalue weighted by molar-refractivity contribution is 0.0603. The van der Waals surface area contributed by atoms with Crippen molar-refractivity contribution in [3.63, 3.8) is 0 Å². The van der Waals surface area contributed by atoms with E-state index in [1.54, 1.807) is 16.8 Å². The fourth-order valence-electron chi connectivity index (χ4n) is 2.16. The van der Waals surface area contributed by atoms with E-state index in [0.29, 0.717) is 16.2 Å². The van der Waals surface area contributed by atoms with Crippen LogP contribution in [0.3, 0.4) is 0 Å². The molecule has 0 aliphatic carbocycles. The molecular formula is C15H13N3O2S. The van der Waals surface area contributed by atoms with Crippen molar-refractivity contribution in [2.24, 2.45) is 0 Å². The maximum Gasteiger partial charge on any atom is 0.340 e. The largest absolute Gasteiger partial charge is 0.465 e. The van der Waals surface area contributed by atoms with E-state index in [-0.39, 0.29) is 0 Å². The van der Waals surface area contributed by atoms with Crippen LogP contribution >= 0.6 is 11.8 Å². The smallest absolute Gasteiger partial charge is 0.340 e. The minimum absolute atomic E-state index is 0.393. The SMILES string of the molecule is COC(=O)c1ccn2nc(SC)nc(-c3ccccc3)c12. The highest BCUT2D eigenvalue weighted by molar-refractivity contribution is 7.98. The lowest BCUT2D eigenvalue weighted by Crippen LogP contribution is -2.05. The molecule has 0 saturated heterocycles. The van der Waals surface area contributed by atoms with Crippen molar-refractivity contribution < 1.29 is 9.53 Å². The van der Waals surface area contributed by atoms with E-state index in [1.165, 1.54) is 18.9 Å². The molecule has 0 saturated carbocycles. The molecule has 3 rings (SSSR count). The number of carbonyl (C=O) groups excluding carboxylic acids is 1. The van der Waals surface area contributed by atoms with Gasteiger partial charge in [0.25, 0.3) is 0 Å². The van der Waals surface area contributed by atoms with Gasteiger partial charge < -0.3 is 4.74 Å². The van der Waals surface area contributed by atoms with Gasteiger partial charge in [0.05, 0.1) is 18.4 Å². The summed E-state index contributed by atoms with van der Waals surface area (Å²) in [6.45, 7) is 0. The molecule has 0 aliphatic rings. The maximum absolute atomic E-state index is 11.9. The molecule has 5 nitrogen and oxygen atoms in total. The van der Waals surface area contributed by atoms with Crippen LogP contribution in [0.15, 0.2) is 47.8 Å². The van der Waals surface area contributed by atoms with E-state index in [4.69, 9.17) is 4.74 Å². The zero-order valence-electron chi connectivity index (χ0n) is 11.6. The van der Waals surface area contributed by atoms with Crippen molar-refractivity contribution in [2.45, 2.75) is 5.16 Å². The Kier molecular flexibility index (Phi) is 3.62. The van der Waals surface area contributed by atoms with Gasteiger partial charge in [0.2, 0.25) is 5.16 Å². The number of carbonyl (C=O) groups is 1. The van der Waals surface area contributed by atoms with Crippen LogP contribution in [0.25, 0.3) is 16.8 Å². The Morgan fingerprint density at radius 2 is 2.00 bits per heavy atom. The highest BCUT2D eigenvalue weighted by atomic mass is 32.2. The monoisotopic (exact) mass is 299 g/mol. The number of esters is 1. The van der Waals surface area contributed by atoms with Gasteiger partial charge in [-0.15, -0.1) is 5.10 Å². The Labute approximate surface area is 126 Å². The zero-order valence-corrected chi connectivity index (χ0v) is 12.4. The fourth-order valence-corrected chi connectivity index (χ4v) is 2.52. The number of thioether (sulfide) groups is 1. The van der Waals surface area contributed by atoms with Gasteiger partial charge in [-0.3, -0.25) is 0 Å². The van der Waals surface area contributed by atoms with Gasteiger partial charge in [0.15, 0.2) is 0 Å². The predicted molar refractivity (Wildman–Crippen MR) is 81.5 cm³/mol. The van der Waals surface area contributed by atoms with Crippen LogP contribution in [0.1, 0.15) is 10.4 Å². The molecule has 0 fully saturated rings. The zero-order chi connectivity index (χ0) is 14.8. The van der Waals surface area contributed by atoms with Crippen LogP contribution < -0.4 is 0 Å². The summed E-state index contributed by atoms with van der Waals surface area (Å²) in [4.78, 5) is 16.5. The molecular weight excluding hydrogens is 286 g/mol. The molecule has 0 unspecified atom stereocenters. The average molecular weight is 299 g/mol. The lowest BCUT2D eigenvalue weighted by Gasteiger charge is -2.07. The first-order valence-electron chi connectivity index (χ1n) is 6.31. The Balaban J connectivity index is 2.34. The van der Waals surface area contributed by atoms with Crippen molar-refractivity contribution in [1.29, 1.82) is 0 Å². The summed E-state index contributed by atoms with van der Waals surface area (Å²) >= 11 is 1.46. The summed E-state index contributed by atoms with van der Waals surface area (Å²) in [5.41, 5.74) is 2.78. The summed E-state index contributed by atoms with van der Waals surface area (Å²) < 4.78 is 6.51. The highest BCUT2D eigenvalue weighted by Crippen LogP contribution is 2.27. The molecule has 0 amide bonds. The molecule has 3 aromatic rings. The summed E-state index contributed by atoms with van der Waals surface area (Å²) in [6, 6.07) is 11.4. The van der Waals surface area contributed by atoms with E-state index < -0.39 is 5.97 Å². The number of rotatable bonds is 3. The van der Waals surface area contributed by atoms with Crippen molar-refractivity contribution in [3.05, 3.63) is 48.2 Å². The minimum Gasteiger partial charge on any atom is -0.465 e. The molecule has 6 heteroatoms. The second-order valence-corrected chi connectivity index (χ2v) is 5.10.